The van der Waals surface area contributed by atoms with Gasteiger partial charge in [-0.05, 0) is 56.5 Å². The van der Waals surface area contributed by atoms with Gasteiger partial charge in [-0.3, -0.25) is 9.69 Å². The number of nitrogens with zero attached hydrogens (tertiary/aromatic N) is 4. The Bertz CT molecular complexity index is 1950. The number of hydrogen-bond acceptors (Lipinski definition) is 6. The molecule has 1 aromatic heterocycles. The van der Waals surface area contributed by atoms with Crippen molar-refractivity contribution in [2.75, 3.05) is 39.1 Å². The highest BCUT2D eigenvalue weighted by atomic mass is 35.5. The third-order valence-corrected chi connectivity index (χ3v) is 11.1. The van der Waals surface area contributed by atoms with E-state index < -0.39 is 11.9 Å². The van der Waals surface area contributed by atoms with Crippen molar-refractivity contribution in [3.63, 3.8) is 0 Å². The molecular formula is C37H39Cl3FN5O3. The number of benzene rings is 3. The molecule has 7 rings (SSSR count). The average molecular weight is 727 g/mol. The standard InChI is InChI=1S/C37H39Cl3FN5O3/c1-20-12-15-46(17-20)18-22-16-25(38)35(33(41)34(22)48-4)49-29-11-9-21-8-10-24(32(40)30(21)29)23-6-5-7-26(31(23)39)43-37(47)36-42-27-19-44(2)14-13-28(27)45(36)3/h5-8,10,16,20,29H,9,11-15,17-19H2,1-4H3,(H,43,47). The number of likely N-dealkylation sites (N-methyl/N-ethyl adjacent to an activating group) is 1. The first-order valence-corrected chi connectivity index (χ1v) is 17.8. The molecule has 3 heterocycles. The molecule has 0 spiro atoms. The summed E-state index contributed by atoms with van der Waals surface area (Å²) in [6.07, 6.45) is 2.69. The fourth-order valence-electron chi connectivity index (χ4n) is 7.46. The Balaban J connectivity index is 1.15. The van der Waals surface area contributed by atoms with Crippen LogP contribution in [0.4, 0.5) is 10.1 Å². The van der Waals surface area contributed by atoms with E-state index in [1.54, 1.807) is 12.1 Å². The number of anilines is 1. The first-order valence-electron chi connectivity index (χ1n) is 16.6. The van der Waals surface area contributed by atoms with Gasteiger partial charge in [0.2, 0.25) is 5.82 Å². The van der Waals surface area contributed by atoms with E-state index in [9.17, 15) is 4.79 Å². The lowest BCUT2D eigenvalue weighted by Crippen LogP contribution is -2.27. The molecule has 3 aromatic carbocycles. The molecule has 0 saturated carbocycles. The van der Waals surface area contributed by atoms with Crippen molar-refractivity contribution in [2.45, 2.75) is 51.8 Å². The number of aromatic nitrogens is 2. The molecule has 8 nitrogen and oxygen atoms in total. The van der Waals surface area contributed by atoms with Crippen molar-refractivity contribution in [3.8, 4) is 22.6 Å². The molecule has 2 unspecified atom stereocenters. The molecular weight excluding hydrogens is 688 g/mol. The maximum Gasteiger partial charge on any atom is 0.291 e. The van der Waals surface area contributed by atoms with Crippen LogP contribution in [0.1, 0.15) is 64.6 Å². The van der Waals surface area contributed by atoms with E-state index in [0.717, 1.165) is 55.0 Å². The van der Waals surface area contributed by atoms with E-state index in [4.69, 9.17) is 44.3 Å². The van der Waals surface area contributed by atoms with Crippen molar-refractivity contribution >= 4 is 46.4 Å². The number of likely N-dealkylation sites (tertiary alicyclic amines) is 1. The Morgan fingerprint density at radius 1 is 1.04 bits per heavy atom. The van der Waals surface area contributed by atoms with Crippen LogP contribution in [0.25, 0.3) is 11.1 Å². The van der Waals surface area contributed by atoms with Crippen LogP contribution >= 0.6 is 34.8 Å². The van der Waals surface area contributed by atoms with Gasteiger partial charge in [0.05, 0.1) is 33.6 Å². The number of rotatable bonds is 8. The number of imidazole rings is 1. The number of nitrogens with one attached hydrogen (secondary N) is 1. The second kappa shape index (κ2) is 13.8. The maximum atomic E-state index is 16.0. The summed E-state index contributed by atoms with van der Waals surface area (Å²) < 4.78 is 29.7. The Hall–Kier alpha value is -3.34. The SMILES string of the molecule is COc1c(CN2CCC(C)C2)cc(Cl)c(OC2CCc3ccc(-c4cccc(NC(=O)c5nc6c(n5C)CCN(C)C6)c4Cl)c(Cl)c32)c1F. The molecule has 3 aliphatic rings. The first kappa shape index (κ1) is 34.1. The normalized spacial score (nSPS) is 19.2. The minimum absolute atomic E-state index is 0.0540. The van der Waals surface area contributed by atoms with Gasteiger partial charge in [-0.2, -0.15) is 4.39 Å². The summed E-state index contributed by atoms with van der Waals surface area (Å²) in [5.41, 5.74) is 6.19. The van der Waals surface area contributed by atoms with Gasteiger partial charge < -0.3 is 24.3 Å². The van der Waals surface area contributed by atoms with Crippen LogP contribution in [0.15, 0.2) is 36.4 Å². The highest BCUT2D eigenvalue weighted by Gasteiger charge is 2.32. The number of ether oxygens (including phenoxy) is 2. The second-order valence-electron chi connectivity index (χ2n) is 13.5. The van der Waals surface area contributed by atoms with Crippen LogP contribution in [0.2, 0.25) is 15.1 Å². The quantitative estimate of drug-likeness (QED) is 0.197. The van der Waals surface area contributed by atoms with E-state index in [2.05, 4.69) is 27.0 Å². The van der Waals surface area contributed by atoms with Crippen LogP contribution in [0.5, 0.6) is 11.5 Å². The molecule has 1 N–H and O–H groups in total. The molecule has 4 aromatic rings. The smallest absolute Gasteiger partial charge is 0.291 e. The van der Waals surface area contributed by atoms with Crippen LogP contribution in [-0.4, -0.2) is 59.0 Å². The average Bonchev–Trinajstić information content (AvgIpc) is 3.77. The van der Waals surface area contributed by atoms with Crippen molar-refractivity contribution < 1.29 is 18.7 Å². The summed E-state index contributed by atoms with van der Waals surface area (Å²) in [5, 5.41) is 3.94. The van der Waals surface area contributed by atoms with E-state index >= 15 is 4.39 Å². The van der Waals surface area contributed by atoms with Gasteiger partial charge in [-0.1, -0.05) is 66.0 Å². The number of amides is 1. The molecule has 12 heteroatoms. The van der Waals surface area contributed by atoms with Gasteiger partial charge in [0.25, 0.3) is 5.91 Å². The monoisotopic (exact) mass is 725 g/mol. The summed E-state index contributed by atoms with van der Waals surface area (Å²) in [4.78, 5) is 22.5. The van der Waals surface area contributed by atoms with Gasteiger partial charge in [0.1, 0.15) is 6.10 Å². The van der Waals surface area contributed by atoms with Crippen molar-refractivity contribution in [3.05, 3.63) is 91.2 Å². The van der Waals surface area contributed by atoms with Crippen LogP contribution in [-0.2, 0) is 33.0 Å². The van der Waals surface area contributed by atoms with Gasteiger partial charge >= 0.3 is 0 Å². The van der Waals surface area contributed by atoms with Crippen LogP contribution in [0, 0.1) is 11.7 Å². The zero-order valence-corrected chi connectivity index (χ0v) is 30.3. The van der Waals surface area contributed by atoms with E-state index in [0.29, 0.717) is 70.1 Å². The first-order chi connectivity index (χ1) is 23.5. The molecule has 258 valence electrons. The Morgan fingerprint density at radius 3 is 2.59 bits per heavy atom. The lowest BCUT2D eigenvalue weighted by Gasteiger charge is -2.22. The fraction of sp³-hybridized carbons (Fsp3) is 0.405. The number of fused-ring (bicyclic) bond motifs is 2. The molecule has 0 radical (unpaired) electrons. The predicted molar refractivity (Wildman–Crippen MR) is 192 cm³/mol. The van der Waals surface area contributed by atoms with Gasteiger partial charge in [0.15, 0.2) is 17.3 Å². The number of halogens is 4. The van der Waals surface area contributed by atoms with Gasteiger partial charge in [-0.15, -0.1) is 0 Å². The minimum Gasteiger partial charge on any atom is -0.493 e. The van der Waals surface area contributed by atoms with Crippen molar-refractivity contribution in [1.29, 1.82) is 0 Å². The van der Waals surface area contributed by atoms with Crippen LogP contribution < -0.4 is 14.8 Å². The van der Waals surface area contributed by atoms with Crippen molar-refractivity contribution in [1.82, 2.24) is 19.4 Å². The molecule has 2 atom stereocenters. The molecule has 1 amide bonds. The topological polar surface area (TPSA) is 71.9 Å². The largest absolute Gasteiger partial charge is 0.493 e. The van der Waals surface area contributed by atoms with E-state index in [1.165, 1.54) is 7.11 Å². The Kier molecular flexibility index (Phi) is 9.58. The zero-order valence-electron chi connectivity index (χ0n) is 28.0. The predicted octanol–water partition coefficient (Wildman–Crippen LogP) is 8.34. The third-order valence-electron chi connectivity index (χ3n) is 10.0. The van der Waals surface area contributed by atoms with Gasteiger partial charge in [-0.25, -0.2) is 4.98 Å². The Morgan fingerprint density at radius 2 is 1.84 bits per heavy atom. The maximum absolute atomic E-state index is 16.0. The van der Waals surface area contributed by atoms with E-state index in [-0.39, 0.29) is 22.4 Å². The molecule has 1 fully saturated rings. The minimum atomic E-state index is -0.620. The highest BCUT2D eigenvalue weighted by molar-refractivity contribution is 6.39. The number of hydrogen-bond donors (Lipinski definition) is 1. The lowest BCUT2D eigenvalue weighted by molar-refractivity contribution is 0.101. The highest BCUT2D eigenvalue weighted by Crippen LogP contribution is 2.48. The molecule has 2 aliphatic heterocycles. The van der Waals surface area contributed by atoms with E-state index in [1.807, 2.05) is 42.9 Å². The summed E-state index contributed by atoms with van der Waals surface area (Å²) in [6, 6.07) is 11.1. The summed E-state index contributed by atoms with van der Waals surface area (Å²) in [5.74, 6) is 0.0509. The number of aryl methyl sites for hydroxylation is 1. The Labute approximate surface area is 301 Å². The molecule has 1 aliphatic carbocycles. The third kappa shape index (κ3) is 6.40. The number of methoxy groups -OCH3 is 1. The molecule has 1 saturated heterocycles. The number of carbonyl (C=O) groups is 1. The second-order valence-corrected chi connectivity index (χ2v) is 14.6. The molecule has 49 heavy (non-hydrogen) atoms. The number of carbonyl (C=O) groups excluding carboxylic acids is 1. The summed E-state index contributed by atoms with van der Waals surface area (Å²) in [7, 11) is 5.37. The van der Waals surface area contributed by atoms with Crippen LogP contribution in [0.3, 0.4) is 0 Å². The molecule has 0 bridgehead atoms. The van der Waals surface area contributed by atoms with Crippen molar-refractivity contribution in [2.24, 2.45) is 13.0 Å². The summed E-state index contributed by atoms with van der Waals surface area (Å²) in [6.45, 7) is 6.27. The summed E-state index contributed by atoms with van der Waals surface area (Å²) >= 11 is 20.8. The zero-order chi connectivity index (χ0) is 34.6. The fourth-order valence-corrected chi connectivity index (χ4v) is 8.41. The van der Waals surface area contributed by atoms with Gasteiger partial charge in [0, 0.05) is 67.6 Å². The lowest BCUT2D eigenvalue weighted by atomic mass is 9.99.